The highest BCUT2D eigenvalue weighted by Gasteiger charge is 2.16. The molecule has 0 aliphatic heterocycles. The largest absolute Gasteiger partial charge is 0.482 e. The van der Waals surface area contributed by atoms with Crippen LogP contribution in [0, 0.1) is 0 Å². The van der Waals surface area contributed by atoms with E-state index in [-0.39, 0.29) is 17.5 Å². The van der Waals surface area contributed by atoms with Crippen LogP contribution in [-0.2, 0) is 4.79 Å². The highest BCUT2D eigenvalue weighted by Crippen LogP contribution is 2.39. The average Bonchev–Trinajstić information content (AvgIpc) is 2.65. The third-order valence-electron chi connectivity index (χ3n) is 4.42. The molecule has 0 aliphatic carbocycles. The van der Waals surface area contributed by atoms with Crippen molar-refractivity contribution in [3.05, 3.63) is 46.5 Å². The quantitative estimate of drug-likeness (QED) is 0.471. The summed E-state index contributed by atoms with van der Waals surface area (Å²) < 4.78 is 5.60. The molecule has 0 radical (unpaired) electrons. The van der Waals surface area contributed by atoms with Gasteiger partial charge in [-0.15, -0.1) is 0 Å². The fourth-order valence-corrected chi connectivity index (χ4v) is 2.96. The summed E-state index contributed by atoms with van der Waals surface area (Å²) >= 11 is 12.7. The summed E-state index contributed by atoms with van der Waals surface area (Å²) in [5.74, 6) is 0.269. The molecule has 0 bridgehead atoms. The molecule has 1 rings (SSSR count). The molecule has 0 aromatic heterocycles. The van der Waals surface area contributed by atoms with E-state index in [2.05, 4.69) is 25.0 Å². The second-order valence-electron chi connectivity index (χ2n) is 6.58. The van der Waals surface area contributed by atoms with Crippen molar-refractivity contribution in [3.8, 4) is 5.75 Å². The number of hydrogen-bond donors (Lipinski definition) is 0. The number of carbonyl (C=O) groups is 1. The molecule has 0 saturated carbocycles. The van der Waals surface area contributed by atoms with E-state index in [1.807, 2.05) is 14.0 Å². The molecule has 4 nitrogen and oxygen atoms in total. The Kier molecular flexibility index (Phi) is 9.92. The summed E-state index contributed by atoms with van der Waals surface area (Å²) in [6.45, 7) is 14.5. The maximum atomic E-state index is 12.3. The summed E-state index contributed by atoms with van der Waals surface area (Å²) in [6.07, 6.45) is 1.86. The Labute approximate surface area is 173 Å². The molecule has 0 spiro atoms. The van der Waals surface area contributed by atoms with Gasteiger partial charge in [-0.3, -0.25) is 4.79 Å². The molecule has 1 aromatic rings. The highest BCUT2D eigenvalue weighted by molar-refractivity contribution is 6.44. The fourth-order valence-electron chi connectivity index (χ4n) is 2.47. The Balaban J connectivity index is 2.69. The van der Waals surface area contributed by atoms with E-state index in [1.54, 1.807) is 24.1 Å². The monoisotopic (exact) mass is 412 g/mol. The zero-order valence-corrected chi connectivity index (χ0v) is 18.3. The van der Waals surface area contributed by atoms with Gasteiger partial charge in [0.2, 0.25) is 0 Å². The van der Waals surface area contributed by atoms with Gasteiger partial charge in [-0.05, 0) is 49.7 Å². The Bertz CT molecular complexity index is 689. The lowest BCUT2D eigenvalue weighted by Gasteiger charge is -2.22. The number of allylic oxidation sites excluding steroid dienone is 2. The van der Waals surface area contributed by atoms with E-state index in [0.29, 0.717) is 17.3 Å². The van der Waals surface area contributed by atoms with E-state index in [9.17, 15) is 4.79 Å². The van der Waals surface area contributed by atoms with E-state index >= 15 is 0 Å². The van der Waals surface area contributed by atoms with Gasteiger partial charge in [0.25, 0.3) is 5.91 Å². The smallest absolute Gasteiger partial charge is 0.260 e. The molecule has 0 unspecified atom stereocenters. The van der Waals surface area contributed by atoms with Crippen LogP contribution in [0.2, 0.25) is 10.0 Å². The van der Waals surface area contributed by atoms with Gasteiger partial charge < -0.3 is 14.5 Å². The van der Waals surface area contributed by atoms with Crippen LogP contribution in [0.1, 0.15) is 32.3 Å². The first-order valence-electron chi connectivity index (χ1n) is 9.13. The molecule has 150 valence electrons. The van der Waals surface area contributed by atoms with E-state index < -0.39 is 0 Å². The third kappa shape index (κ3) is 6.87. The minimum absolute atomic E-state index is 0.0913. The number of benzene rings is 1. The maximum absolute atomic E-state index is 12.3. The molecule has 1 aromatic carbocycles. The van der Waals surface area contributed by atoms with Crippen molar-refractivity contribution in [1.29, 1.82) is 0 Å². The normalized spacial score (nSPS) is 10.8. The van der Waals surface area contributed by atoms with Crippen molar-refractivity contribution >= 4 is 34.7 Å². The van der Waals surface area contributed by atoms with Crippen molar-refractivity contribution in [3.63, 3.8) is 0 Å². The first-order chi connectivity index (χ1) is 12.7. The van der Waals surface area contributed by atoms with Gasteiger partial charge in [0, 0.05) is 25.7 Å². The second-order valence-corrected chi connectivity index (χ2v) is 7.34. The van der Waals surface area contributed by atoms with Crippen LogP contribution in [-0.4, -0.2) is 56.0 Å². The summed E-state index contributed by atoms with van der Waals surface area (Å²) in [5, 5.41) is 0.633. The van der Waals surface area contributed by atoms with Crippen LogP contribution in [0.25, 0.3) is 5.57 Å². The molecule has 0 saturated heterocycles. The Morgan fingerprint density at radius 2 is 1.74 bits per heavy atom. The minimum Gasteiger partial charge on any atom is -0.482 e. The second kappa shape index (κ2) is 11.4. The Morgan fingerprint density at radius 1 is 1.07 bits per heavy atom. The van der Waals surface area contributed by atoms with Gasteiger partial charge >= 0.3 is 0 Å². The maximum Gasteiger partial charge on any atom is 0.260 e. The number of rotatable bonds is 11. The van der Waals surface area contributed by atoms with Crippen LogP contribution < -0.4 is 4.74 Å². The predicted molar refractivity (Wildman–Crippen MR) is 116 cm³/mol. The van der Waals surface area contributed by atoms with Gasteiger partial charge in [-0.1, -0.05) is 50.2 Å². The van der Waals surface area contributed by atoms with Gasteiger partial charge in [0.05, 0.1) is 5.02 Å². The third-order valence-corrected chi connectivity index (χ3v) is 5.29. The van der Waals surface area contributed by atoms with Gasteiger partial charge in [-0.2, -0.15) is 0 Å². The van der Waals surface area contributed by atoms with Crippen molar-refractivity contribution < 1.29 is 9.53 Å². The van der Waals surface area contributed by atoms with E-state index in [1.165, 1.54) is 0 Å². The van der Waals surface area contributed by atoms with Gasteiger partial charge in [0.15, 0.2) is 6.61 Å². The number of ether oxygens (including phenoxy) is 1. The number of likely N-dealkylation sites (N-methyl/N-ethyl adjacent to an activating group) is 2. The average molecular weight is 413 g/mol. The molecule has 0 heterocycles. The molecular weight excluding hydrogens is 383 g/mol. The lowest BCUT2D eigenvalue weighted by Crippen LogP contribution is -2.37. The zero-order chi connectivity index (χ0) is 20.6. The fraction of sp³-hybridized carbons (Fsp3) is 0.476. The van der Waals surface area contributed by atoms with E-state index in [0.717, 1.165) is 42.6 Å². The summed E-state index contributed by atoms with van der Waals surface area (Å²) in [4.78, 5) is 16.1. The van der Waals surface area contributed by atoms with Gasteiger partial charge in [0.1, 0.15) is 10.8 Å². The van der Waals surface area contributed by atoms with Crippen LogP contribution in [0.4, 0.5) is 0 Å². The molecule has 27 heavy (non-hydrogen) atoms. The molecule has 0 N–H and O–H groups in total. The molecule has 0 atom stereocenters. The summed E-state index contributed by atoms with van der Waals surface area (Å²) in [5.41, 5.74) is 2.37. The number of hydrogen-bond acceptors (Lipinski definition) is 3. The van der Waals surface area contributed by atoms with Crippen molar-refractivity contribution in [2.75, 3.05) is 40.3 Å². The zero-order valence-electron chi connectivity index (χ0n) is 16.8. The number of amides is 1. The first-order valence-corrected chi connectivity index (χ1v) is 9.89. The number of carbonyl (C=O) groups excluding carboxylic acids is 1. The minimum atomic E-state index is -0.111. The number of nitrogens with zero attached hydrogens (tertiary/aromatic N) is 2. The Hall–Kier alpha value is -1.49. The van der Waals surface area contributed by atoms with Crippen LogP contribution in [0.3, 0.4) is 0 Å². The van der Waals surface area contributed by atoms with Crippen LogP contribution in [0.15, 0.2) is 30.9 Å². The lowest BCUT2D eigenvalue weighted by molar-refractivity contribution is -0.132. The van der Waals surface area contributed by atoms with Crippen molar-refractivity contribution in [2.45, 2.75) is 26.7 Å². The number of halogens is 2. The SMILES string of the molecule is C=C(CC)C(=C)c1ccc(OCC(=O)N(C)CCN(C)CCC)c(Cl)c1Cl. The van der Waals surface area contributed by atoms with Crippen LogP contribution >= 0.6 is 23.2 Å². The molecule has 0 fully saturated rings. The van der Waals surface area contributed by atoms with E-state index in [4.69, 9.17) is 27.9 Å². The topological polar surface area (TPSA) is 32.8 Å². The highest BCUT2D eigenvalue weighted by atomic mass is 35.5. The molecular formula is C21H30Cl2N2O2. The predicted octanol–water partition coefficient (Wildman–Crippen LogP) is 5.15. The Morgan fingerprint density at radius 3 is 2.33 bits per heavy atom. The molecule has 1 amide bonds. The van der Waals surface area contributed by atoms with Gasteiger partial charge in [-0.25, -0.2) is 0 Å². The lowest BCUT2D eigenvalue weighted by atomic mass is 9.99. The summed E-state index contributed by atoms with van der Waals surface area (Å²) in [6, 6.07) is 3.50. The first kappa shape index (κ1) is 23.5. The standard InChI is InChI=1S/C21H30Cl2N2O2/c1-7-11-24(5)12-13-25(6)19(26)14-27-18-10-9-17(20(22)21(18)23)16(4)15(3)8-2/h9-10H,3-4,7-8,11-14H2,1-2,5-6H3. The van der Waals surface area contributed by atoms with Crippen molar-refractivity contribution in [1.82, 2.24) is 9.80 Å². The van der Waals surface area contributed by atoms with Crippen LogP contribution in [0.5, 0.6) is 5.75 Å². The molecule has 0 aliphatic rings. The summed E-state index contributed by atoms with van der Waals surface area (Å²) in [7, 11) is 3.81. The molecule has 6 heteroatoms. The van der Waals surface area contributed by atoms with Crippen molar-refractivity contribution in [2.24, 2.45) is 0 Å².